The van der Waals surface area contributed by atoms with Crippen LogP contribution in [0.25, 0.3) is 0 Å². The number of methoxy groups -OCH3 is 1. The van der Waals surface area contributed by atoms with E-state index >= 15 is 0 Å². The molecule has 7 heteroatoms. The number of ether oxygens (including phenoxy) is 2. The maximum Gasteiger partial charge on any atom is 0.184 e. The quantitative estimate of drug-likeness (QED) is 0.470. The molecule has 5 nitrogen and oxygen atoms in total. The summed E-state index contributed by atoms with van der Waals surface area (Å²) in [6, 6.07) is 3.66. The zero-order chi connectivity index (χ0) is 14.3. The van der Waals surface area contributed by atoms with Crippen molar-refractivity contribution in [3.8, 4) is 11.5 Å². The molecule has 0 bridgehead atoms. The van der Waals surface area contributed by atoms with Gasteiger partial charge in [-0.3, -0.25) is 5.43 Å². The first-order valence-corrected chi connectivity index (χ1v) is 6.87. The molecule has 0 fully saturated rings. The van der Waals surface area contributed by atoms with Gasteiger partial charge in [0.15, 0.2) is 16.6 Å². The molecule has 0 amide bonds. The van der Waals surface area contributed by atoms with Gasteiger partial charge in [-0.25, -0.2) is 0 Å². The molecule has 1 aromatic carbocycles. The lowest BCUT2D eigenvalue weighted by molar-refractivity contribution is 0.294. The van der Waals surface area contributed by atoms with Crippen LogP contribution in [0.1, 0.15) is 18.9 Å². The number of benzene rings is 1. The first kappa shape index (κ1) is 15.7. The third kappa shape index (κ3) is 5.04. The largest absolute Gasteiger partial charge is 0.493 e. The van der Waals surface area contributed by atoms with Crippen molar-refractivity contribution < 1.29 is 9.47 Å². The molecule has 1 rings (SSSR count). The van der Waals surface area contributed by atoms with Crippen LogP contribution in [0.4, 0.5) is 0 Å². The summed E-state index contributed by atoms with van der Waals surface area (Å²) >= 11 is 8.11. The van der Waals surface area contributed by atoms with Crippen LogP contribution in [0.15, 0.2) is 21.7 Å². The molecule has 3 N–H and O–H groups in total. The molecule has 0 spiro atoms. The van der Waals surface area contributed by atoms with Crippen LogP contribution in [-0.2, 0) is 0 Å². The van der Waals surface area contributed by atoms with Crippen LogP contribution < -0.4 is 20.6 Å². The average Bonchev–Trinajstić information content (AvgIpc) is 2.38. The predicted octanol–water partition coefficient (Wildman–Crippen LogP) is 2.41. The number of hydrogen-bond acceptors (Lipinski definition) is 4. The first-order valence-electron chi connectivity index (χ1n) is 5.67. The number of nitrogens with two attached hydrogens (primary N) is 1. The fourth-order valence-corrected chi connectivity index (χ4v) is 1.78. The zero-order valence-electron chi connectivity index (χ0n) is 10.8. The molecule has 1 aromatic rings. The molecule has 0 saturated carbocycles. The Kier molecular flexibility index (Phi) is 6.58. The van der Waals surface area contributed by atoms with E-state index in [0.29, 0.717) is 18.1 Å². The lowest BCUT2D eigenvalue weighted by Gasteiger charge is -2.11. The highest BCUT2D eigenvalue weighted by Gasteiger charge is 2.09. The van der Waals surface area contributed by atoms with E-state index in [1.54, 1.807) is 13.3 Å². The number of hydrazone groups is 1. The Bertz CT molecular complexity index is 480. The Balaban J connectivity index is 2.95. The van der Waals surface area contributed by atoms with Crippen LogP contribution >= 0.6 is 28.1 Å². The molecule has 0 aliphatic rings. The van der Waals surface area contributed by atoms with E-state index in [9.17, 15) is 0 Å². The lowest BCUT2D eigenvalue weighted by Crippen LogP contribution is -2.24. The van der Waals surface area contributed by atoms with Gasteiger partial charge in [0.1, 0.15) is 0 Å². The highest BCUT2D eigenvalue weighted by atomic mass is 79.9. The maximum atomic E-state index is 5.60. The van der Waals surface area contributed by atoms with E-state index in [1.165, 1.54) is 0 Å². The van der Waals surface area contributed by atoms with E-state index in [1.807, 2.05) is 19.1 Å². The van der Waals surface area contributed by atoms with Crippen LogP contribution in [-0.4, -0.2) is 25.0 Å². The standard InChI is InChI=1S/C12H16BrN3O2S/c1-3-4-18-11-6-9(13)8(5-10(11)17-2)7-15-16-12(14)19/h5-7H,3-4H2,1-2H3,(H3,14,16,19). The smallest absolute Gasteiger partial charge is 0.184 e. The summed E-state index contributed by atoms with van der Waals surface area (Å²) < 4.78 is 11.7. The van der Waals surface area contributed by atoms with Gasteiger partial charge in [0.2, 0.25) is 0 Å². The summed E-state index contributed by atoms with van der Waals surface area (Å²) in [5.41, 5.74) is 8.60. The third-order valence-corrected chi connectivity index (χ3v) is 2.90. The van der Waals surface area contributed by atoms with Crippen LogP contribution in [0.2, 0.25) is 0 Å². The van der Waals surface area contributed by atoms with E-state index in [-0.39, 0.29) is 5.11 Å². The molecule has 0 atom stereocenters. The molecule has 0 heterocycles. The van der Waals surface area contributed by atoms with Gasteiger partial charge in [0.25, 0.3) is 0 Å². The summed E-state index contributed by atoms with van der Waals surface area (Å²) in [6.45, 7) is 2.68. The van der Waals surface area contributed by atoms with Crippen molar-refractivity contribution in [1.82, 2.24) is 5.43 Å². The van der Waals surface area contributed by atoms with Gasteiger partial charge < -0.3 is 15.2 Å². The number of halogens is 1. The molecule has 0 unspecified atom stereocenters. The van der Waals surface area contributed by atoms with E-state index in [4.69, 9.17) is 15.2 Å². The molecule has 104 valence electrons. The van der Waals surface area contributed by atoms with E-state index in [0.717, 1.165) is 16.5 Å². The van der Waals surface area contributed by atoms with Gasteiger partial charge in [-0.1, -0.05) is 6.92 Å². The molecule has 0 radical (unpaired) electrons. The van der Waals surface area contributed by atoms with E-state index < -0.39 is 0 Å². The van der Waals surface area contributed by atoms with Gasteiger partial charge >= 0.3 is 0 Å². The maximum absolute atomic E-state index is 5.60. The zero-order valence-corrected chi connectivity index (χ0v) is 13.2. The number of rotatable bonds is 6. The normalized spacial score (nSPS) is 10.5. The van der Waals surface area contributed by atoms with E-state index in [2.05, 4.69) is 38.7 Å². The van der Waals surface area contributed by atoms with Crippen LogP contribution in [0, 0.1) is 0 Å². The Hall–Kier alpha value is -1.34. The Morgan fingerprint density at radius 3 is 2.84 bits per heavy atom. The molecule has 0 aromatic heterocycles. The lowest BCUT2D eigenvalue weighted by atomic mass is 10.2. The fraction of sp³-hybridized carbons (Fsp3) is 0.333. The molecule has 0 saturated heterocycles. The second-order valence-electron chi connectivity index (χ2n) is 3.61. The highest BCUT2D eigenvalue weighted by Crippen LogP contribution is 2.32. The second kappa shape index (κ2) is 7.96. The van der Waals surface area contributed by atoms with Crippen molar-refractivity contribution in [3.05, 3.63) is 22.2 Å². The van der Waals surface area contributed by atoms with Crippen molar-refractivity contribution in [2.75, 3.05) is 13.7 Å². The SMILES string of the molecule is CCCOc1cc(Br)c(C=NNC(N)=S)cc1OC. The summed E-state index contributed by atoms with van der Waals surface area (Å²) in [6.07, 6.45) is 2.53. The summed E-state index contributed by atoms with van der Waals surface area (Å²) in [5.74, 6) is 1.34. The number of thiocarbonyl (C=S) groups is 1. The minimum atomic E-state index is 0.113. The molecule has 0 aliphatic carbocycles. The number of nitrogens with zero attached hydrogens (tertiary/aromatic N) is 1. The highest BCUT2D eigenvalue weighted by molar-refractivity contribution is 9.10. The second-order valence-corrected chi connectivity index (χ2v) is 4.90. The van der Waals surface area contributed by atoms with Crippen molar-refractivity contribution in [3.63, 3.8) is 0 Å². The summed E-state index contributed by atoms with van der Waals surface area (Å²) in [4.78, 5) is 0. The molecular formula is C12H16BrN3O2S. The molecule has 0 aliphatic heterocycles. The predicted molar refractivity (Wildman–Crippen MR) is 84.0 cm³/mol. The molecular weight excluding hydrogens is 330 g/mol. The molecule has 19 heavy (non-hydrogen) atoms. The van der Waals surface area contributed by atoms with Crippen molar-refractivity contribution >= 4 is 39.5 Å². The van der Waals surface area contributed by atoms with Crippen molar-refractivity contribution in [2.45, 2.75) is 13.3 Å². The first-order chi connectivity index (χ1) is 9.08. The minimum Gasteiger partial charge on any atom is -0.493 e. The number of hydrogen-bond donors (Lipinski definition) is 2. The minimum absolute atomic E-state index is 0.113. The van der Waals surface area contributed by atoms with Gasteiger partial charge in [-0.15, -0.1) is 0 Å². The van der Waals surface area contributed by atoms with Gasteiger partial charge in [0, 0.05) is 10.0 Å². The van der Waals surface area contributed by atoms with Gasteiger partial charge in [-0.05, 0) is 46.7 Å². The average molecular weight is 346 g/mol. The third-order valence-electron chi connectivity index (χ3n) is 2.12. The summed E-state index contributed by atoms with van der Waals surface area (Å²) in [5, 5.41) is 4.01. The van der Waals surface area contributed by atoms with Gasteiger partial charge in [-0.2, -0.15) is 5.10 Å². The monoisotopic (exact) mass is 345 g/mol. The van der Waals surface area contributed by atoms with Crippen LogP contribution in [0.3, 0.4) is 0 Å². The number of nitrogens with one attached hydrogen (secondary N) is 1. The van der Waals surface area contributed by atoms with Gasteiger partial charge in [0.05, 0.1) is 19.9 Å². The Morgan fingerprint density at radius 2 is 2.26 bits per heavy atom. The van der Waals surface area contributed by atoms with Crippen molar-refractivity contribution in [2.24, 2.45) is 10.8 Å². The topological polar surface area (TPSA) is 68.9 Å². The van der Waals surface area contributed by atoms with Crippen LogP contribution in [0.5, 0.6) is 11.5 Å². The Labute approximate surface area is 126 Å². The Morgan fingerprint density at radius 1 is 1.53 bits per heavy atom. The summed E-state index contributed by atoms with van der Waals surface area (Å²) in [7, 11) is 1.59. The fourth-order valence-electron chi connectivity index (χ4n) is 1.30. The van der Waals surface area contributed by atoms with Crippen molar-refractivity contribution in [1.29, 1.82) is 0 Å².